The number of amides is 1. The van der Waals surface area contributed by atoms with Gasteiger partial charge >= 0.3 is 0 Å². The monoisotopic (exact) mass is 196 g/mol. The van der Waals surface area contributed by atoms with E-state index in [0.717, 1.165) is 5.76 Å². The van der Waals surface area contributed by atoms with Crippen LogP contribution in [0.5, 0.6) is 0 Å². The van der Waals surface area contributed by atoms with Gasteiger partial charge in [-0.2, -0.15) is 0 Å². The fourth-order valence-corrected chi connectivity index (χ4v) is 1.11. The lowest BCUT2D eigenvalue weighted by molar-refractivity contribution is -0.123. The smallest absolute Gasteiger partial charge is 0.237 e. The molecule has 0 bridgehead atoms. The number of carbonyl (C=O) groups is 1. The lowest BCUT2D eigenvalue weighted by Crippen LogP contribution is -2.41. The summed E-state index contributed by atoms with van der Waals surface area (Å²) in [5.74, 6) is 0.595. The molecule has 14 heavy (non-hydrogen) atoms. The molecule has 1 unspecified atom stereocenters. The molecule has 0 aliphatic rings. The van der Waals surface area contributed by atoms with Crippen LogP contribution in [0.1, 0.15) is 32.1 Å². The van der Waals surface area contributed by atoms with E-state index in [1.165, 1.54) is 0 Å². The van der Waals surface area contributed by atoms with Gasteiger partial charge in [-0.1, -0.05) is 6.92 Å². The molecule has 2 atom stereocenters. The van der Waals surface area contributed by atoms with Gasteiger partial charge in [0.15, 0.2) is 0 Å². The Morgan fingerprint density at radius 2 is 2.43 bits per heavy atom. The molecule has 0 saturated carbocycles. The summed E-state index contributed by atoms with van der Waals surface area (Å²) in [7, 11) is 0. The Labute approximate surface area is 83.5 Å². The second-order valence-corrected chi connectivity index (χ2v) is 3.26. The van der Waals surface area contributed by atoms with Crippen LogP contribution < -0.4 is 11.1 Å². The number of hydrogen-bond acceptors (Lipinski definition) is 3. The Kier molecular flexibility index (Phi) is 3.71. The average molecular weight is 196 g/mol. The Morgan fingerprint density at radius 1 is 1.71 bits per heavy atom. The third-order valence-electron chi connectivity index (χ3n) is 2.11. The van der Waals surface area contributed by atoms with E-state index in [9.17, 15) is 4.79 Å². The fraction of sp³-hybridized carbons (Fsp3) is 0.500. The van der Waals surface area contributed by atoms with Gasteiger partial charge in [-0.15, -0.1) is 0 Å². The van der Waals surface area contributed by atoms with E-state index >= 15 is 0 Å². The van der Waals surface area contributed by atoms with Crippen LogP contribution in [-0.2, 0) is 4.79 Å². The van der Waals surface area contributed by atoms with E-state index in [0.29, 0.717) is 6.42 Å². The third kappa shape index (κ3) is 2.60. The van der Waals surface area contributed by atoms with E-state index in [1.54, 1.807) is 12.3 Å². The minimum atomic E-state index is -0.438. The first-order valence-corrected chi connectivity index (χ1v) is 4.74. The number of carbonyl (C=O) groups excluding carboxylic acids is 1. The first kappa shape index (κ1) is 10.8. The molecule has 3 N–H and O–H groups in total. The van der Waals surface area contributed by atoms with Crippen molar-refractivity contribution in [2.45, 2.75) is 32.4 Å². The summed E-state index contributed by atoms with van der Waals surface area (Å²) >= 11 is 0. The Morgan fingerprint density at radius 3 is 2.93 bits per heavy atom. The SMILES string of the molecule is CC[C@H](N)C(=O)NC(C)c1ccco1. The molecule has 0 saturated heterocycles. The largest absolute Gasteiger partial charge is 0.467 e. The fourth-order valence-electron chi connectivity index (χ4n) is 1.11. The van der Waals surface area contributed by atoms with Crippen molar-refractivity contribution in [3.8, 4) is 0 Å². The Bertz CT molecular complexity index is 282. The van der Waals surface area contributed by atoms with Gasteiger partial charge in [-0.25, -0.2) is 0 Å². The zero-order chi connectivity index (χ0) is 10.6. The number of nitrogens with one attached hydrogen (secondary N) is 1. The van der Waals surface area contributed by atoms with Gasteiger partial charge in [0.25, 0.3) is 0 Å². The van der Waals surface area contributed by atoms with Crippen LogP contribution in [0.25, 0.3) is 0 Å². The molecular weight excluding hydrogens is 180 g/mol. The van der Waals surface area contributed by atoms with E-state index in [2.05, 4.69) is 5.32 Å². The maximum Gasteiger partial charge on any atom is 0.237 e. The molecular formula is C10H16N2O2. The van der Waals surface area contributed by atoms with E-state index in [4.69, 9.17) is 10.2 Å². The topological polar surface area (TPSA) is 68.3 Å². The summed E-state index contributed by atoms with van der Waals surface area (Å²) in [6, 6.07) is 3.04. The zero-order valence-electron chi connectivity index (χ0n) is 8.49. The highest BCUT2D eigenvalue weighted by Gasteiger charge is 2.15. The van der Waals surface area contributed by atoms with Crippen LogP contribution in [0.2, 0.25) is 0 Å². The minimum absolute atomic E-state index is 0.130. The summed E-state index contributed by atoms with van der Waals surface area (Å²) < 4.78 is 5.15. The van der Waals surface area contributed by atoms with Crippen molar-refractivity contribution in [2.24, 2.45) is 5.73 Å². The van der Waals surface area contributed by atoms with Gasteiger partial charge in [0, 0.05) is 0 Å². The highest BCUT2D eigenvalue weighted by atomic mass is 16.3. The van der Waals surface area contributed by atoms with Crippen LogP contribution in [0.3, 0.4) is 0 Å². The quantitative estimate of drug-likeness (QED) is 0.760. The summed E-state index contributed by atoms with van der Waals surface area (Å²) in [5, 5.41) is 2.78. The molecule has 1 aromatic heterocycles. The summed E-state index contributed by atoms with van der Waals surface area (Å²) in [4.78, 5) is 11.4. The molecule has 1 heterocycles. The molecule has 0 radical (unpaired) electrons. The predicted molar refractivity (Wildman–Crippen MR) is 53.5 cm³/mol. The second kappa shape index (κ2) is 4.81. The van der Waals surface area contributed by atoms with Crippen LogP contribution >= 0.6 is 0 Å². The minimum Gasteiger partial charge on any atom is -0.467 e. The second-order valence-electron chi connectivity index (χ2n) is 3.26. The van der Waals surface area contributed by atoms with Crippen molar-refractivity contribution in [1.82, 2.24) is 5.32 Å². The van der Waals surface area contributed by atoms with E-state index in [-0.39, 0.29) is 11.9 Å². The third-order valence-corrected chi connectivity index (χ3v) is 2.11. The average Bonchev–Trinajstić information content (AvgIpc) is 2.69. The summed E-state index contributed by atoms with van der Waals surface area (Å²) in [6.07, 6.45) is 2.22. The van der Waals surface area contributed by atoms with Crippen LogP contribution in [0.15, 0.2) is 22.8 Å². The number of nitrogens with two attached hydrogens (primary N) is 1. The lowest BCUT2D eigenvalue weighted by atomic mass is 10.2. The van der Waals surface area contributed by atoms with Gasteiger partial charge in [-0.05, 0) is 25.5 Å². The summed E-state index contributed by atoms with van der Waals surface area (Å²) in [6.45, 7) is 3.74. The molecule has 78 valence electrons. The van der Waals surface area contributed by atoms with Crippen LogP contribution in [0.4, 0.5) is 0 Å². The van der Waals surface area contributed by atoms with Crippen molar-refractivity contribution in [2.75, 3.05) is 0 Å². The van der Waals surface area contributed by atoms with Crippen molar-refractivity contribution < 1.29 is 9.21 Å². The first-order valence-electron chi connectivity index (χ1n) is 4.74. The van der Waals surface area contributed by atoms with Gasteiger partial charge in [0.1, 0.15) is 5.76 Å². The lowest BCUT2D eigenvalue weighted by Gasteiger charge is -2.14. The molecule has 1 amide bonds. The van der Waals surface area contributed by atoms with Gasteiger partial charge in [0.2, 0.25) is 5.91 Å². The number of furan rings is 1. The zero-order valence-corrected chi connectivity index (χ0v) is 8.49. The normalized spacial score (nSPS) is 14.8. The molecule has 0 fully saturated rings. The molecule has 0 aliphatic heterocycles. The molecule has 1 rings (SSSR count). The van der Waals surface area contributed by atoms with Crippen LogP contribution in [-0.4, -0.2) is 11.9 Å². The molecule has 0 spiro atoms. The Balaban J connectivity index is 2.49. The van der Waals surface area contributed by atoms with Gasteiger partial charge in [0.05, 0.1) is 18.3 Å². The van der Waals surface area contributed by atoms with Crippen molar-refractivity contribution >= 4 is 5.91 Å². The number of hydrogen-bond donors (Lipinski definition) is 2. The first-order chi connectivity index (χ1) is 6.65. The maximum absolute atomic E-state index is 11.4. The van der Waals surface area contributed by atoms with E-state index in [1.807, 2.05) is 19.9 Å². The van der Waals surface area contributed by atoms with Crippen molar-refractivity contribution in [3.05, 3.63) is 24.2 Å². The van der Waals surface area contributed by atoms with Crippen molar-refractivity contribution in [3.63, 3.8) is 0 Å². The van der Waals surface area contributed by atoms with E-state index < -0.39 is 6.04 Å². The van der Waals surface area contributed by atoms with Crippen LogP contribution in [0, 0.1) is 0 Å². The molecule has 0 aliphatic carbocycles. The van der Waals surface area contributed by atoms with Gasteiger partial charge in [-0.3, -0.25) is 4.79 Å². The summed E-state index contributed by atoms with van der Waals surface area (Å²) in [5.41, 5.74) is 5.58. The molecule has 4 nitrogen and oxygen atoms in total. The highest BCUT2D eigenvalue weighted by Crippen LogP contribution is 2.12. The number of rotatable bonds is 4. The van der Waals surface area contributed by atoms with Gasteiger partial charge < -0.3 is 15.5 Å². The molecule has 4 heteroatoms. The van der Waals surface area contributed by atoms with Crippen molar-refractivity contribution in [1.29, 1.82) is 0 Å². The standard InChI is InChI=1S/C10H16N2O2/c1-3-8(11)10(13)12-7(2)9-5-4-6-14-9/h4-8H,3,11H2,1-2H3,(H,12,13)/t7?,8-/m0/s1. The molecule has 0 aromatic carbocycles. The maximum atomic E-state index is 11.4. The molecule has 1 aromatic rings. The Hall–Kier alpha value is -1.29. The highest BCUT2D eigenvalue weighted by molar-refractivity contribution is 5.81. The predicted octanol–water partition coefficient (Wildman–Crippen LogP) is 1.19.